The van der Waals surface area contributed by atoms with Crippen LogP contribution in [0.5, 0.6) is 40.2 Å². The molecule has 17 nitrogen and oxygen atoms in total. The number of hydrogen-bond donors (Lipinski definition) is 6. The van der Waals surface area contributed by atoms with Crippen LogP contribution < -0.4 is 19.9 Å². The van der Waals surface area contributed by atoms with Crippen LogP contribution in [0.4, 0.5) is 30.7 Å². The van der Waals surface area contributed by atoms with Crippen molar-refractivity contribution in [3.05, 3.63) is 204 Å². The molecule has 7 aromatic rings. The number of aromatic hydroxyl groups is 4. The summed E-state index contributed by atoms with van der Waals surface area (Å²) in [5.74, 6) is -1.97. The molecule has 3 heterocycles. The lowest BCUT2D eigenvalue weighted by atomic mass is 9.99. The first-order valence-corrected chi connectivity index (χ1v) is 35.8. The third kappa shape index (κ3) is 28.5. The van der Waals surface area contributed by atoms with Crippen LogP contribution in [0, 0.1) is 52.1 Å². The lowest BCUT2D eigenvalue weighted by Gasteiger charge is -2.19. The van der Waals surface area contributed by atoms with Crippen molar-refractivity contribution < 1.29 is 104 Å². The van der Waals surface area contributed by atoms with Crippen LogP contribution in [0.3, 0.4) is 0 Å². The molecule has 0 spiro atoms. The van der Waals surface area contributed by atoms with E-state index in [1.165, 1.54) is 48.5 Å². The summed E-state index contributed by atoms with van der Waals surface area (Å²) in [6.07, 6.45) is 9.40. The highest BCUT2D eigenvalue weighted by Crippen LogP contribution is 2.36. The highest BCUT2D eigenvalue weighted by molar-refractivity contribution is 9.11. The standard InChI is InChI=1S/C11H12BrFO3.C11H10BrFO3.C10H12FNO.C10H8FNO.C9H10BrFO2.C9H8BrFO.C7H4BrFO2.C4H7BrO2/c2*1-2-16-10(15)6-3-7-9(14)5-4-8(13)11(7)12;2*11-9-3-4-10-7(8(9)6-12)2-1-5-13-10;10-9-6(2-1-5-12)8(13)4-3-7(9)11;10-9-6-2-1-5-12-8(6)4-3-7(9)11;8-7-4(3-10)6(11)2-1-5(7)9;1-2-7-4(6)3-5/h4-5,14H,2-3,6H2,1H3;3-6,14H,2H2,1H3;3-4H,1-2,5-6,12H2;3-4H,1-2,5H2;3-4,12-13H,1-2,5H2;3-4H,1-2,5H2;1-3,11H;2-3H2,1H3/b;6-3+;;;;;;. The lowest BCUT2D eigenvalue weighted by molar-refractivity contribution is -0.143. The van der Waals surface area contributed by atoms with Crippen molar-refractivity contribution in [2.75, 3.05) is 51.6 Å². The maximum Gasteiger partial charge on any atom is 0.330 e. The molecule has 0 saturated carbocycles. The average molecular weight is 1800 g/mol. The molecule has 0 atom stereocenters. The zero-order chi connectivity index (χ0) is 75.3. The summed E-state index contributed by atoms with van der Waals surface area (Å²) in [4.78, 5) is 42.5. The van der Waals surface area contributed by atoms with E-state index in [9.17, 15) is 65.2 Å². The number of fused-ring (bicyclic) bond motifs is 3. The molecule has 0 saturated heterocycles. The number of carbonyl (C=O) groups is 4. The van der Waals surface area contributed by atoms with Crippen molar-refractivity contribution in [2.45, 2.75) is 91.5 Å². The number of ether oxygens (including phenoxy) is 6. The van der Waals surface area contributed by atoms with E-state index in [1.807, 2.05) is 6.07 Å². The predicted molar refractivity (Wildman–Crippen MR) is 386 cm³/mol. The van der Waals surface area contributed by atoms with Gasteiger partial charge in [0.1, 0.15) is 92.4 Å². The first-order chi connectivity index (χ1) is 48.2. The van der Waals surface area contributed by atoms with Crippen molar-refractivity contribution in [3.8, 4) is 46.3 Å². The Kier molecular flexibility index (Phi) is 41.0. The van der Waals surface area contributed by atoms with E-state index in [1.54, 1.807) is 39.0 Å². The summed E-state index contributed by atoms with van der Waals surface area (Å²) in [7, 11) is 0. The van der Waals surface area contributed by atoms with E-state index in [0.29, 0.717) is 76.8 Å². The molecule has 0 aliphatic carbocycles. The van der Waals surface area contributed by atoms with Crippen molar-refractivity contribution in [3.63, 3.8) is 0 Å². The van der Waals surface area contributed by atoms with Crippen LogP contribution in [-0.4, -0.2) is 101 Å². The molecule has 0 amide bonds. The van der Waals surface area contributed by atoms with Crippen LogP contribution in [0.15, 0.2) is 113 Å². The van der Waals surface area contributed by atoms with Gasteiger partial charge >= 0.3 is 17.9 Å². The largest absolute Gasteiger partial charge is 0.508 e. The number of nitriles is 1. The van der Waals surface area contributed by atoms with Gasteiger partial charge in [-0.05, 0) is 249 Å². The van der Waals surface area contributed by atoms with Crippen LogP contribution in [0.1, 0.15) is 108 Å². The summed E-state index contributed by atoms with van der Waals surface area (Å²) in [6, 6.07) is 20.4. The van der Waals surface area contributed by atoms with Crippen molar-refractivity contribution >= 4 is 126 Å². The van der Waals surface area contributed by atoms with Gasteiger partial charge < -0.3 is 59.7 Å². The fourth-order valence-electron chi connectivity index (χ4n) is 8.89. The fraction of sp³-hybridized carbons (Fsp3) is 0.310. The number of aliphatic hydroxyl groups is 1. The Bertz CT molecular complexity index is 3980. The number of nitrogens with two attached hydrogens (primary N) is 1. The number of phenolic OH excluding ortho intramolecular Hbond substituents is 4. The van der Waals surface area contributed by atoms with Gasteiger partial charge in [-0.1, -0.05) is 15.9 Å². The number of phenols is 4. The SMILES string of the molecule is CCOC(=O)/C=C/c1c(O)ccc(F)c1Br.CCOC(=O)CBr.CCOC(=O)CCc1c(O)ccc(F)c1Br.Fc1ccc2c(c1Br)CCCO2.N#Cc1c(F)ccc2c1CCCO2.NCc1c(F)ccc2c1CCCO2.O=Cc1c(O)ccc(F)c1Br.OCCCc1c(O)ccc(F)c1Br. The van der Waals surface area contributed by atoms with E-state index in [-0.39, 0.29) is 114 Å². The molecule has 7 N–H and O–H groups in total. The normalized spacial score (nSPS) is 11.8. The number of rotatable bonds is 14. The van der Waals surface area contributed by atoms with E-state index < -0.39 is 35.1 Å². The zero-order valence-corrected chi connectivity index (χ0v) is 64.0. The van der Waals surface area contributed by atoms with Gasteiger partial charge in [0.05, 0.1) is 73.1 Å². The number of nitrogens with zero attached hydrogens (tertiary/aromatic N) is 1. The minimum atomic E-state index is -0.565. The Balaban J connectivity index is 0.000000302. The summed E-state index contributed by atoms with van der Waals surface area (Å²) >= 11 is 18.0. The average Bonchev–Trinajstić information content (AvgIpc) is 0.825. The maximum atomic E-state index is 13.2. The Hall–Kier alpha value is -7.24. The molecule has 0 fully saturated rings. The molecule has 3 aliphatic rings. The quantitative estimate of drug-likeness (QED) is 0.0147. The molecule has 546 valence electrons. The summed E-state index contributed by atoms with van der Waals surface area (Å²) < 4.78 is 122. The number of aliphatic hydroxyl groups excluding tert-OH is 1. The number of aldehydes is 1. The van der Waals surface area contributed by atoms with Crippen molar-refractivity contribution in [1.82, 2.24) is 0 Å². The minimum absolute atomic E-state index is 0.00694. The summed E-state index contributed by atoms with van der Waals surface area (Å²) in [5, 5.41) is 54.9. The van der Waals surface area contributed by atoms with Gasteiger partial charge in [0, 0.05) is 64.6 Å². The van der Waals surface area contributed by atoms with E-state index in [2.05, 4.69) is 105 Å². The number of hydrogen-bond acceptors (Lipinski definition) is 17. The van der Waals surface area contributed by atoms with Crippen LogP contribution >= 0.6 is 95.6 Å². The number of alkyl halides is 1. The van der Waals surface area contributed by atoms with Crippen LogP contribution in [-0.2, 0) is 67.2 Å². The van der Waals surface area contributed by atoms with Gasteiger partial charge in [-0.25, -0.2) is 35.5 Å². The van der Waals surface area contributed by atoms with Gasteiger partial charge in [0.2, 0.25) is 0 Å². The Morgan fingerprint density at radius 1 is 0.525 bits per heavy atom. The van der Waals surface area contributed by atoms with Crippen molar-refractivity contribution in [2.24, 2.45) is 5.73 Å². The molecular weight excluding hydrogens is 1730 g/mol. The molecule has 0 bridgehead atoms. The van der Waals surface area contributed by atoms with E-state index in [0.717, 1.165) is 105 Å². The molecule has 30 heteroatoms. The Labute approximate surface area is 629 Å². The Morgan fingerprint density at radius 3 is 1.40 bits per heavy atom. The monoisotopic (exact) mass is 1800 g/mol. The second-order valence-electron chi connectivity index (χ2n) is 20.5. The molecule has 101 heavy (non-hydrogen) atoms. The van der Waals surface area contributed by atoms with Gasteiger partial charge in [0.25, 0.3) is 0 Å². The third-order valence-corrected chi connectivity index (χ3v) is 18.4. The molecule has 0 aromatic heterocycles. The molecule has 3 aliphatic heterocycles. The van der Waals surface area contributed by atoms with Gasteiger partial charge in [-0.2, -0.15) is 5.26 Å². The van der Waals surface area contributed by atoms with Crippen LogP contribution in [0.2, 0.25) is 0 Å². The molecule has 7 aromatic carbocycles. The first kappa shape index (κ1) is 88.0. The highest BCUT2D eigenvalue weighted by atomic mass is 79.9. The summed E-state index contributed by atoms with van der Waals surface area (Å²) in [6.45, 7) is 8.62. The zero-order valence-electron chi connectivity index (χ0n) is 54.5. The molecule has 10 rings (SSSR count). The van der Waals surface area contributed by atoms with Gasteiger partial charge in [0.15, 0.2) is 6.29 Å². The predicted octanol–water partition coefficient (Wildman–Crippen LogP) is 17.5. The molecular formula is C71H71Br6F7N2O15. The van der Waals surface area contributed by atoms with E-state index in [4.69, 9.17) is 40.2 Å². The lowest BCUT2D eigenvalue weighted by Crippen LogP contribution is -2.13. The Morgan fingerprint density at radius 2 is 0.931 bits per heavy atom. The minimum Gasteiger partial charge on any atom is -0.508 e. The third-order valence-electron chi connectivity index (χ3n) is 13.7. The van der Waals surface area contributed by atoms with Crippen LogP contribution in [0.25, 0.3) is 6.08 Å². The smallest absolute Gasteiger partial charge is 0.330 e. The van der Waals surface area contributed by atoms with Gasteiger partial charge in [-0.15, -0.1) is 0 Å². The number of benzene rings is 7. The number of carbonyl (C=O) groups excluding carboxylic acids is 4. The fourth-order valence-corrected chi connectivity index (χ4v) is 11.5. The summed E-state index contributed by atoms with van der Waals surface area (Å²) in [5.41, 5.74) is 9.88. The van der Waals surface area contributed by atoms with Crippen molar-refractivity contribution in [1.29, 1.82) is 5.26 Å². The second-order valence-corrected chi connectivity index (χ2v) is 25.0. The second kappa shape index (κ2) is 47.1. The van der Waals surface area contributed by atoms with E-state index >= 15 is 0 Å². The van der Waals surface area contributed by atoms with Gasteiger partial charge in [-0.3, -0.25) is 14.4 Å². The topological polar surface area (TPSA) is 275 Å². The number of halogens is 13. The first-order valence-electron chi connectivity index (χ1n) is 30.7. The molecule has 0 radical (unpaired) electrons. The maximum absolute atomic E-state index is 13.2. The number of esters is 3. The molecule has 0 unspecified atom stereocenters. The highest BCUT2D eigenvalue weighted by Gasteiger charge is 2.20.